The van der Waals surface area contributed by atoms with Crippen molar-refractivity contribution in [2.75, 3.05) is 17.6 Å². The molecule has 0 spiro atoms. The van der Waals surface area contributed by atoms with Gasteiger partial charge in [0.1, 0.15) is 5.82 Å². The molecule has 0 atom stereocenters. The van der Waals surface area contributed by atoms with E-state index in [0.29, 0.717) is 12.2 Å². The third kappa shape index (κ3) is 2.46. The summed E-state index contributed by atoms with van der Waals surface area (Å²) < 4.78 is 13.2. The van der Waals surface area contributed by atoms with E-state index in [1.807, 2.05) is 0 Å². The molecule has 0 aromatic heterocycles. The molecule has 0 aliphatic heterocycles. The average molecular weight is 210 g/mol. The van der Waals surface area contributed by atoms with Gasteiger partial charge in [0.05, 0.1) is 16.9 Å². The Labute approximate surface area is 86.2 Å². The highest BCUT2D eigenvalue weighted by Gasteiger charge is 2.13. The number of hydrogen-bond donors (Lipinski definition) is 3. The fourth-order valence-corrected chi connectivity index (χ4v) is 1.09. The molecule has 0 aliphatic carbocycles. The molecule has 1 aromatic rings. The first-order valence-corrected chi connectivity index (χ1v) is 4.23. The topological polar surface area (TPSA) is 75.3 Å². The van der Waals surface area contributed by atoms with Crippen molar-refractivity contribution in [2.24, 2.45) is 0 Å². The molecule has 0 heterocycles. The molecule has 1 rings (SSSR count). The predicted molar refractivity (Wildman–Crippen MR) is 56.5 cm³/mol. The largest absolute Gasteiger partial charge is 0.478 e. The van der Waals surface area contributed by atoms with Crippen LogP contribution in [0.3, 0.4) is 0 Å². The lowest BCUT2D eigenvalue weighted by Crippen LogP contribution is -2.07. The van der Waals surface area contributed by atoms with Crippen molar-refractivity contribution in [2.45, 2.75) is 0 Å². The van der Waals surface area contributed by atoms with E-state index in [0.717, 1.165) is 12.1 Å². The lowest BCUT2D eigenvalue weighted by molar-refractivity contribution is 0.0692. The van der Waals surface area contributed by atoms with Crippen LogP contribution in [0, 0.1) is 5.82 Å². The second kappa shape index (κ2) is 4.45. The van der Waals surface area contributed by atoms with Gasteiger partial charge in [0.2, 0.25) is 0 Å². The molecule has 0 saturated carbocycles. The monoisotopic (exact) mass is 210 g/mol. The lowest BCUT2D eigenvalue weighted by atomic mass is 10.1. The van der Waals surface area contributed by atoms with E-state index in [1.165, 1.54) is 0 Å². The molecular weight excluding hydrogens is 199 g/mol. The average Bonchev–Trinajstić information content (AvgIpc) is 2.18. The predicted octanol–water partition coefficient (Wildman–Crippen LogP) is 1.70. The van der Waals surface area contributed by atoms with Crippen LogP contribution in [0.5, 0.6) is 0 Å². The number of benzene rings is 1. The number of halogens is 1. The zero-order valence-electron chi connectivity index (χ0n) is 7.96. The highest BCUT2D eigenvalue weighted by atomic mass is 19.1. The van der Waals surface area contributed by atoms with Crippen LogP contribution in [0.2, 0.25) is 0 Å². The van der Waals surface area contributed by atoms with Gasteiger partial charge in [-0.1, -0.05) is 6.08 Å². The van der Waals surface area contributed by atoms with Gasteiger partial charge in [-0.15, -0.1) is 6.58 Å². The van der Waals surface area contributed by atoms with Crippen LogP contribution in [0.15, 0.2) is 24.8 Å². The van der Waals surface area contributed by atoms with E-state index in [2.05, 4.69) is 11.9 Å². The molecule has 5 heteroatoms. The van der Waals surface area contributed by atoms with E-state index >= 15 is 0 Å². The van der Waals surface area contributed by atoms with Crippen LogP contribution in [0.1, 0.15) is 10.4 Å². The van der Waals surface area contributed by atoms with Gasteiger partial charge in [-0.2, -0.15) is 0 Å². The summed E-state index contributed by atoms with van der Waals surface area (Å²) in [6, 6.07) is 2.14. The molecule has 0 fully saturated rings. The second-order valence-corrected chi connectivity index (χ2v) is 2.89. The molecule has 1 aromatic carbocycles. The van der Waals surface area contributed by atoms with Gasteiger partial charge in [0.25, 0.3) is 0 Å². The number of anilines is 2. The molecule has 0 unspecified atom stereocenters. The molecule has 0 radical (unpaired) electrons. The molecule has 0 saturated heterocycles. The van der Waals surface area contributed by atoms with Gasteiger partial charge in [0, 0.05) is 6.54 Å². The summed E-state index contributed by atoms with van der Waals surface area (Å²) in [5.74, 6) is -2.15. The van der Waals surface area contributed by atoms with Gasteiger partial charge < -0.3 is 16.2 Å². The molecule has 4 N–H and O–H groups in total. The van der Waals surface area contributed by atoms with Gasteiger partial charge >= 0.3 is 5.97 Å². The minimum Gasteiger partial charge on any atom is -0.478 e. The van der Waals surface area contributed by atoms with Crippen molar-refractivity contribution in [1.29, 1.82) is 0 Å². The second-order valence-electron chi connectivity index (χ2n) is 2.89. The van der Waals surface area contributed by atoms with Gasteiger partial charge in [0.15, 0.2) is 0 Å². The Kier molecular flexibility index (Phi) is 3.28. The van der Waals surface area contributed by atoms with Crippen LogP contribution >= 0.6 is 0 Å². The molecule has 0 aliphatic rings. The zero-order valence-corrected chi connectivity index (χ0v) is 7.96. The van der Waals surface area contributed by atoms with Gasteiger partial charge in [-0.3, -0.25) is 0 Å². The van der Waals surface area contributed by atoms with Crippen LogP contribution in [-0.4, -0.2) is 17.6 Å². The Balaban J connectivity index is 3.07. The summed E-state index contributed by atoms with van der Waals surface area (Å²) in [7, 11) is 0. The highest BCUT2D eigenvalue weighted by Crippen LogP contribution is 2.22. The Morgan fingerprint density at radius 2 is 2.33 bits per heavy atom. The molecule has 15 heavy (non-hydrogen) atoms. The van der Waals surface area contributed by atoms with E-state index in [1.54, 1.807) is 6.08 Å². The Morgan fingerprint density at radius 1 is 1.67 bits per heavy atom. The first-order chi connectivity index (χ1) is 7.06. The van der Waals surface area contributed by atoms with Crippen LogP contribution < -0.4 is 11.1 Å². The fraction of sp³-hybridized carbons (Fsp3) is 0.100. The number of carboxylic acid groups (broad SMARTS) is 1. The minimum atomic E-state index is -1.34. The number of carboxylic acids is 1. The summed E-state index contributed by atoms with van der Waals surface area (Å²) in [4.78, 5) is 10.6. The highest BCUT2D eigenvalue weighted by molar-refractivity contribution is 5.90. The number of aromatic carboxylic acids is 1. The number of nitrogens with one attached hydrogen (secondary N) is 1. The Bertz CT molecular complexity index is 405. The van der Waals surface area contributed by atoms with Crippen LogP contribution in [-0.2, 0) is 0 Å². The normalized spacial score (nSPS) is 9.67. The van der Waals surface area contributed by atoms with Crippen molar-refractivity contribution in [3.05, 3.63) is 36.2 Å². The third-order valence-corrected chi connectivity index (χ3v) is 1.81. The van der Waals surface area contributed by atoms with Crippen LogP contribution in [0.4, 0.5) is 15.8 Å². The van der Waals surface area contributed by atoms with Gasteiger partial charge in [-0.25, -0.2) is 9.18 Å². The fourth-order valence-electron chi connectivity index (χ4n) is 1.09. The minimum absolute atomic E-state index is 0.190. The van der Waals surface area contributed by atoms with E-state index in [4.69, 9.17) is 10.8 Å². The van der Waals surface area contributed by atoms with Crippen LogP contribution in [0.25, 0.3) is 0 Å². The van der Waals surface area contributed by atoms with Crippen molar-refractivity contribution in [3.63, 3.8) is 0 Å². The van der Waals surface area contributed by atoms with E-state index in [-0.39, 0.29) is 5.69 Å². The van der Waals surface area contributed by atoms with Crippen molar-refractivity contribution >= 4 is 17.3 Å². The van der Waals surface area contributed by atoms with E-state index in [9.17, 15) is 9.18 Å². The third-order valence-electron chi connectivity index (χ3n) is 1.81. The van der Waals surface area contributed by atoms with Crippen molar-refractivity contribution in [1.82, 2.24) is 0 Å². The maximum absolute atomic E-state index is 13.2. The van der Waals surface area contributed by atoms with Crippen molar-refractivity contribution in [3.8, 4) is 0 Å². The van der Waals surface area contributed by atoms with Crippen molar-refractivity contribution < 1.29 is 14.3 Å². The first-order valence-electron chi connectivity index (χ1n) is 4.23. The first kappa shape index (κ1) is 11.0. The molecular formula is C10H11FN2O2. The summed E-state index contributed by atoms with van der Waals surface area (Å²) in [6.45, 7) is 3.91. The smallest absolute Gasteiger partial charge is 0.338 e. The quantitative estimate of drug-likeness (QED) is 0.522. The molecule has 0 amide bonds. The summed E-state index contributed by atoms with van der Waals surface area (Å²) >= 11 is 0. The molecule has 0 bridgehead atoms. The number of nitrogen functional groups attached to an aromatic ring is 1. The van der Waals surface area contributed by atoms with Gasteiger partial charge in [-0.05, 0) is 12.1 Å². The molecule has 80 valence electrons. The number of carbonyl (C=O) groups is 1. The maximum atomic E-state index is 13.2. The Morgan fingerprint density at radius 3 is 2.87 bits per heavy atom. The number of nitrogens with two attached hydrogens (primary N) is 1. The lowest BCUT2D eigenvalue weighted by Gasteiger charge is -2.08. The molecule has 4 nitrogen and oxygen atoms in total. The summed E-state index contributed by atoms with van der Waals surface area (Å²) in [5, 5.41) is 11.4. The number of rotatable bonds is 4. The number of hydrogen-bond acceptors (Lipinski definition) is 3. The summed E-state index contributed by atoms with van der Waals surface area (Å²) in [6.07, 6.45) is 1.59. The van der Waals surface area contributed by atoms with E-state index < -0.39 is 17.3 Å². The zero-order chi connectivity index (χ0) is 11.4. The summed E-state index contributed by atoms with van der Waals surface area (Å²) in [5.41, 5.74) is 5.66. The standard InChI is InChI=1S/C10H11FN2O2/c1-2-3-13-9-5-7(11)6(10(14)15)4-8(9)12/h2,4-5,13H,1,3,12H2,(H,14,15). The maximum Gasteiger partial charge on any atom is 0.338 e. The Hall–Kier alpha value is -2.04. The SMILES string of the molecule is C=CCNc1cc(F)c(C(=O)O)cc1N.